The van der Waals surface area contributed by atoms with E-state index in [0.29, 0.717) is 0 Å². The third-order valence-electron chi connectivity index (χ3n) is 3.14. The van der Waals surface area contributed by atoms with Crippen LogP contribution in [0.5, 0.6) is 5.75 Å². The van der Waals surface area contributed by atoms with E-state index in [0.717, 1.165) is 12.3 Å². The Morgan fingerprint density at radius 1 is 1.11 bits per heavy atom. The SMILES string of the molecule is COc1ccc(C)cc1C(C)(C)CNC(C)(C)C. The van der Waals surface area contributed by atoms with Crippen LogP contribution >= 0.6 is 0 Å². The molecule has 0 aliphatic rings. The third kappa shape index (κ3) is 4.02. The van der Waals surface area contributed by atoms with Gasteiger partial charge in [-0.25, -0.2) is 0 Å². The second-order valence-corrected chi connectivity index (χ2v) is 6.69. The fraction of sp³-hybridized carbons (Fsp3) is 0.625. The second kappa shape index (κ2) is 5.31. The average molecular weight is 249 g/mol. The predicted molar refractivity (Wildman–Crippen MR) is 78.5 cm³/mol. The molecule has 0 aliphatic carbocycles. The molecule has 0 aromatic heterocycles. The molecule has 0 bridgehead atoms. The van der Waals surface area contributed by atoms with Gasteiger partial charge in [-0.1, -0.05) is 31.5 Å². The van der Waals surface area contributed by atoms with Crippen LogP contribution in [0.4, 0.5) is 0 Å². The summed E-state index contributed by atoms with van der Waals surface area (Å²) in [4.78, 5) is 0. The number of benzene rings is 1. The van der Waals surface area contributed by atoms with E-state index in [1.165, 1.54) is 11.1 Å². The van der Waals surface area contributed by atoms with Crippen molar-refractivity contribution in [3.05, 3.63) is 29.3 Å². The van der Waals surface area contributed by atoms with Crippen LogP contribution in [0, 0.1) is 6.92 Å². The van der Waals surface area contributed by atoms with Crippen LogP contribution in [0.25, 0.3) is 0 Å². The predicted octanol–water partition coefficient (Wildman–Crippen LogP) is 3.67. The summed E-state index contributed by atoms with van der Waals surface area (Å²) in [5.41, 5.74) is 2.72. The van der Waals surface area contributed by atoms with E-state index in [4.69, 9.17) is 4.74 Å². The molecule has 18 heavy (non-hydrogen) atoms. The minimum Gasteiger partial charge on any atom is -0.496 e. The van der Waals surface area contributed by atoms with Crippen LogP contribution in [0.3, 0.4) is 0 Å². The number of aryl methyl sites for hydroxylation is 1. The molecule has 0 saturated heterocycles. The van der Waals surface area contributed by atoms with Gasteiger partial charge in [0, 0.05) is 23.1 Å². The number of ether oxygens (including phenoxy) is 1. The molecule has 0 spiro atoms. The van der Waals surface area contributed by atoms with Crippen LogP contribution in [-0.4, -0.2) is 19.2 Å². The molecule has 1 rings (SSSR count). The Balaban J connectivity index is 2.99. The zero-order valence-corrected chi connectivity index (χ0v) is 12.8. The number of rotatable bonds is 4. The van der Waals surface area contributed by atoms with E-state index in [9.17, 15) is 0 Å². The fourth-order valence-corrected chi connectivity index (χ4v) is 1.93. The zero-order chi connectivity index (χ0) is 14.0. The molecule has 0 unspecified atom stereocenters. The molecule has 1 aromatic rings. The Labute approximate surface area is 112 Å². The van der Waals surface area contributed by atoms with Gasteiger partial charge in [-0.2, -0.15) is 0 Å². The number of hydrogen-bond acceptors (Lipinski definition) is 2. The summed E-state index contributed by atoms with van der Waals surface area (Å²) >= 11 is 0. The quantitative estimate of drug-likeness (QED) is 0.879. The fourth-order valence-electron chi connectivity index (χ4n) is 1.93. The van der Waals surface area contributed by atoms with Crippen LogP contribution in [0.2, 0.25) is 0 Å². The molecule has 1 aromatic carbocycles. The normalized spacial score (nSPS) is 12.6. The van der Waals surface area contributed by atoms with Crippen LogP contribution in [-0.2, 0) is 5.41 Å². The Morgan fingerprint density at radius 3 is 2.22 bits per heavy atom. The molecular formula is C16H27NO. The van der Waals surface area contributed by atoms with Gasteiger partial charge in [0.15, 0.2) is 0 Å². The maximum absolute atomic E-state index is 5.49. The average Bonchev–Trinajstić information content (AvgIpc) is 2.26. The highest BCUT2D eigenvalue weighted by Crippen LogP contribution is 2.32. The van der Waals surface area contributed by atoms with E-state index in [1.54, 1.807) is 7.11 Å². The first-order chi connectivity index (χ1) is 8.15. The molecule has 0 fully saturated rings. The highest BCUT2D eigenvalue weighted by Gasteiger charge is 2.26. The lowest BCUT2D eigenvalue weighted by molar-refractivity contribution is 0.347. The number of hydrogen-bond donors (Lipinski definition) is 1. The first-order valence-electron chi connectivity index (χ1n) is 6.56. The maximum Gasteiger partial charge on any atom is 0.122 e. The zero-order valence-electron chi connectivity index (χ0n) is 12.8. The summed E-state index contributed by atoms with van der Waals surface area (Å²) in [5.74, 6) is 0.973. The summed E-state index contributed by atoms with van der Waals surface area (Å²) in [6, 6.07) is 6.38. The molecule has 1 N–H and O–H groups in total. The first kappa shape index (κ1) is 15.0. The molecule has 2 heteroatoms. The highest BCUT2D eigenvalue weighted by molar-refractivity contribution is 5.42. The summed E-state index contributed by atoms with van der Waals surface area (Å²) in [5, 5.41) is 3.58. The lowest BCUT2D eigenvalue weighted by Crippen LogP contribution is -2.43. The molecule has 0 saturated carbocycles. The second-order valence-electron chi connectivity index (χ2n) is 6.69. The van der Waals surface area contributed by atoms with Gasteiger partial charge in [-0.05, 0) is 33.8 Å². The molecule has 102 valence electrons. The molecule has 0 amide bonds. The van der Waals surface area contributed by atoms with E-state index in [1.807, 2.05) is 0 Å². The van der Waals surface area contributed by atoms with Gasteiger partial charge in [0.05, 0.1) is 7.11 Å². The summed E-state index contributed by atoms with van der Waals surface area (Å²) in [7, 11) is 1.74. The Kier molecular flexibility index (Phi) is 4.44. The summed E-state index contributed by atoms with van der Waals surface area (Å²) in [6.45, 7) is 14.1. The summed E-state index contributed by atoms with van der Waals surface area (Å²) in [6.07, 6.45) is 0. The van der Waals surface area contributed by atoms with Gasteiger partial charge in [0.25, 0.3) is 0 Å². The Hall–Kier alpha value is -1.02. The Bertz CT molecular complexity index is 402. The van der Waals surface area contributed by atoms with E-state index in [-0.39, 0.29) is 11.0 Å². The minimum absolute atomic E-state index is 0.0463. The maximum atomic E-state index is 5.49. The van der Waals surface area contributed by atoms with E-state index < -0.39 is 0 Å². The molecule has 0 atom stereocenters. The van der Waals surface area contributed by atoms with Gasteiger partial charge in [-0.15, -0.1) is 0 Å². The molecule has 0 aliphatic heterocycles. The van der Waals surface area contributed by atoms with Crippen molar-refractivity contribution in [1.82, 2.24) is 5.32 Å². The first-order valence-corrected chi connectivity index (χ1v) is 6.56. The summed E-state index contributed by atoms with van der Waals surface area (Å²) < 4.78 is 5.49. The van der Waals surface area contributed by atoms with Gasteiger partial charge in [-0.3, -0.25) is 0 Å². The van der Waals surface area contributed by atoms with Crippen molar-refractivity contribution < 1.29 is 4.74 Å². The van der Waals surface area contributed by atoms with Crippen molar-refractivity contribution in [3.63, 3.8) is 0 Å². The van der Waals surface area contributed by atoms with Crippen molar-refractivity contribution in [3.8, 4) is 5.75 Å². The van der Waals surface area contributed by atoms with E-state index >= 15 is 0 Å². The van der Waals surface area contributed by atoms with Gasteiger partial charge in [0.1, 0.15) is 5.75 Å². The van der Waals surface area contributed by atoms with Gasteiger partial charge < -0.3 is 10.1 Å². The van der Waals surface area contributed by atoms with Crippen molar-refractivity contribution in [2.75, 3.05) is 13.7 Å². The lowest BCUT2D eigenvalue weighted by Gasteiger charge is -2.32. The van der Waals surface area contributed by atoms with Crippen molar-refractivity contribution in [1.29, 1.82) is 0 Å². The molecule has 0 heterocycles. The molecular weight excluding hydrogens is 222 g/mol. The highest BCUT2D eigenvalue weighted by atomic mass is 16.5. The molecule has 2 nitrogen and oxygen atoms in total. The van der Waals surface area contributed by atoms with Gasteiger partial charge >= 0.3 is 0 Å². The Morgan fingerprint density at radius 2 is 1.72 bits per heavy atom. The van der Waals surface area contributed by atoms with Gasteiger partial charge in [0.2, 0.25) is 0 Å². The van der Waals surface area contributed by atoms with Crippen LogP contribution in [0.15, 0.2) is 18.2 Å². The largest absolute Gasteiger partial charge is 0.496 e. The third-order valence-corrected chi connectivity index (χ3v) is 3.14. The number of nitrogens with one attached hydrogen (secondary N) is 1. The molecule has 0 radical (unpaired) electrons. The standard InChI is InChI=1S/C16H27NO/c1-12-8-9-14(18-7)13(10-12)16(5,6)11-17-15(2,3)4/h8-10,17H,11H2,1-7H3. The van der Waals surface area contributed by atoms with Crippen molar-refractivity contribution in [2.24, 2.45) is 0 Å². The monoisotopic (exact) mass is 249 g/mol. The van der Waals surface area contributed by atoms with Crippen LogP contribution < -0.4 is 10.1 Å². The van der Waals surface area contributed by atoms with Crippen molar-refractivity contribution in [2.45, 2.75) is 52.5 Å². The van der Waals surface area contributed by atoms with E-state index in [2.05, 4.69) is 65.1 Å². The number of methoxy groups -OCH3 is 1. The van der Waals surface area contributed by atoms with Crippen molar-refractivity contribution >= 4 is 0 Å². The topological polar surface area (TPSA) is 21.3 Å². The lowest BCUT2D eigenvalue weighted by atomic mass is 9.82. The minimum atomic E-state index is 0.0463. The van der Waals surface area contributed by atoms with Crippen LogP contribution in [0.1, 0.15) is 45.7 Å². The smallest absolute Gasteiger partial charge is 0.122 e.